The van der Waals surface area contributed by atoms with Crippen LogP contribution in [0.25, 0.3) is 0 Å². The van der Waals surface area contributed by atoms with Crippen molar-refractivity contribution in [2.75, 3.05) is 11.1 Å². The van der Waals surface area contributed by atoms with Gasteiger partial charge in [0.05, 0.1) is 11.4 Å². The number of benzene rings is 1. The normalized spacial score (nSPS) is 10.1. The number of hydrogen-bond acceptors (Lipinski definition) is 3. The first-order valence-corrected chi connectivity index (χ1v) is 4.60. The maximum absolute atomic E-state index is 12.9. The van der Waals surface area contributed by atoms with E-state index in [1.807, 2.05) is 0 Å². The van der Waals surface area contributed by atoms with Crippen LogP contribution >= 0.6 is 0 Å². The lowest BCUT2D eigenvalue weighted by Gasteiger charge is -2.08. The summed E-state index contributed by atoms with van der Waals surface area (Å²) in [5.41, 5.74) is 6.35. The van der Waals surface area contributed by atoms with Crippen LogP contribution in [-0.2, 0) is 0 Å². The number of nitrogen functional groups attached to an aromatic ring is 1. The van der Waals surface area contributed by atoms with Crippen molar-refractivity contribution in [3.05, 3.63) is 48.2 Å². The predicted octanol–water partition coefficient (Wildman–Crippen LogP) is 2.69. The highest BCUT2D eigenvalue weighted by molar-refractivity contribution is 5.70. The Bertz CT molecular complexity index is 514. The van der Waals surface area contributed by atoms with Gasteiger partial charge in [0.15, 0.2) is 0 Å². The summed E-state index contributed by atoms with van der Waals surface area (Å²) in [6.07, 6.45) is 0. The molecule has 0 saturated heterocycles. The van der Waals surface area contributed by atoms with E-state index < -0.39 is 11.8 Å². The zero-order valence-electron chi connectivity index (χ0n) is 8.24. The molecule has 0 saturated carbocycles. The van der Waals surface area contributed by atoms with E-state index >= 15 is 0 Å². The summed E-state index contributed by atoms with van der Waals surface area (Å²) in [6, 6.07) is 8.19. The minimum absolute atomic E-state index is 0.275. The number of halogens is 2. The fraction of sp³-hybridized carbons (Fsp3) is 0. The van der Waals surface area contributed by atoms with Crippen LogP contribution in [-0.4, -0.2) is 4.98 Å². The fourth-order valence-corrected chi connectivity index (χ4v) is 1.25. The van der Waals surface area contributed by atoms with E-state index in [0.717, 1.165) is 0 Å². The van der Waals surface area contributed by atoms with Crippen LogP contribution in [0, 0.1) is 11.8 Å². The molecule has 0 aliphatic rings. The molecule has 0 unspecified atom stereocenters. The third-order valence-corrected chi connectivity index (χ3v) is 1.99. The molecule has 1 heterocycles. The second-order valence-corrected chi connectivity index (χ2v) is 3.20. The molecule has 16 heavy (non-hydrogen) atoms. The summed E-state index contributed by atoms with van der Waals surface area (Å²) >= 11 is 0. The quantitative estimate of drug-likeness (QED) is 0.605. The minimum atomic E-state index is -0.611. The summed E-state index contributed by atoms with van der Waals surface area (Å²) in [6.45, 7) is 0. The van der Waals surface area contributed by atoms with Crippen molar-refractivity contribution in [2.24, 2.45) is 0 Å². The summed E-state index contributed by atoms with van der Waals surface area (Å²) in [5, 5.41) is 2.74. The smallest absolute Gasteiger partial charge is 0.214 e. The molecule has 1 aromatic carbocycles. The third kappa shape index (κ3) is 2.25. The van der Waals surface area contributed by atoms with Crippen LogP contribution in [0.15, 0.2) is 36.4 Å². The molecular formula is C11H9F2N3. The number of pyridine rings is 1. The first-order valence-electron chi connectivity index (χ1n) is 4.60. The molecule has 3 nitrogen and oxygen atoms in total. The van der Waals surface area contributed by atoms with Gasteiger partial charge in [-0.15, -0.1) is 0 Å². The van der Waals surface area contributed by atoms with Crippen LogP contribution in [0.1, 0.15) is 0 Å². The standard InChI is InChI=1S/C11H9F2N3/c12-7-4-5-8(14)9(6-7)15-11-3-1-2-10(13)16-11/h1-6H,14H2,(H,15,16). The highest BCUT2D eigenvalue weighted by atomic mass is 19.1. The second kappa shape index (κ2) is 4.14. The zero-order chi connectivity index (χ0) is 11.5. The van der Waals surface area contributed by atoms with Crippen molar-refractivity contribution in [1.29, 1.82) is 0 Å². The van der Waals surface area contributed by atoms with Gasteiger partial charge in [-0.05, 0) is 30.3 Å². The summed E-state index contributed by atoms with van der Waals surface area (Å²) < 4.78 is 25.7. The maximum Gasteiger partial charge on any atom is 0.214 e. The average molecular weight is 221 g/mol. The molecule has 0 fully saturated rings. The van der Waals surface area contributed by atoms with Gasteiger partial charge in [-0.25, -0.2) is 9.37 Å². The van der Waals surface area contributed by atoms with E-state index in [0.29, 0.717) is 11.4 Å². The van der Waals surface area contributed by atoms with Gasteiger partial charge < -0.3 is 11.1 Å². The lowest BCUT2D eigenvalue weighted by molar-refractivity contribution is 0.585. The number of anilines is 3. The molecule has 0 aliphatic heterocycles. The lowest BCUT2D eigenvalue weighted by atomic mass is 10.2. The van der Waals surface area contributed by atoms with Gasteiger partial charge in [0, 0.05) is 0 Å². The average Bonchev–Trinajstić information content (AvgIpc) is 2.24. The highest BCUT2D eigenvalue weighted by Crippen LogP contribution is 2.22. The first-order chi connectivity index (χ1) is 7.65. The van der Waals surface area contributed by atoms with Crippen molar-refractivity contribution >= 4 is 17.2 Å². The molecule has 0 radical (unpaired) electrons. The SMILES string of the molecule is Nc1ccc(F)cc1Nc1cccc(F)n1. The van der Waals surface area contributed by atoms with Gasteiger partial charge in [-0.2, -0.15) is 4.39 Å². The first kappa shape index (κ1) is 10.4. The Morgan fingerprint density at radius 1 is 1.12 bits per heavy atom. The van der Waals surface area contributed by atoms with Gasteiger partial charge >= 0.3 is 0 Å². The van der Waals surface area contributed by atoms with Crippen LogP contribution in [0.5, 0.6) is 0 Å². The largest absolute Gasteiger partial charge is 0.397 e. The van der Waals surface area contributed by atoms with Crippen molar-refractivity contribution in [2.45, 2.75) is 0 Å². The minimum Gasteiger partial charge on any atom is -0.397 e. The molecule has 2 aromatic rings. The van der Waals surface area contributed by atoms with E-state index in [1.54, 1.807) is 6.07 Å². The molecule has 0 bridgehead atoms. The predicted molar refractivity (Wildman–Crippen MR) is 58.3 cm³/mol. The Morgan fingerprint density at radius 3 is 2.69 bits per heavy atom. The molecule has 0 atom stereocenters. The third-order valence-electron chi connectivity index (χ3n) is 1.99. The summed E-state index contributed by atoms with van der Waals surface area (Å²) in [5.74, 6) is -0.759. The molecule has 0 aliphatic carbocycles. The van der Waals surface area contributed by atoms with Crippen LogP contribution in [0.2, 0.25) is 0 Å². The number of nitrogens with two attached hydrogens (primary N) is 1. The lowest BCUT2D eigenvalue weighted by Crippen LogP contribution is -1.99. The molecule has 1 aromatic heterocycles. The molecule has 0 amide bonds. The Hall–Kier alpha value is -2.17. The Labute approximate surface area is 90.9 Å². The Morgan fingerprint density at radius 2 is 1.94 bits per heavy atom. The number of nitrogens with one attached hydrogen (secondary N) is 1. The summed E-state index contributed by atoms with van der Waals surface area (Å²) in [4.78, 5) is 3.58. The van der Waals surface area contributed by atoms with E-state index in [-0.39, 0.29) is 5.82 Å². The number of nitrogens with zero attached hydrogens (tertiary/aromatic N) is 1. The number of hydrogen-bond donors (Lipinski definition) is 2. The zero-order valence-corrected chi connectivity index (χ0v) is 8.24. The van der Waals surface area contributed by atoms with Gasteiger partial charge in [-0.3, -0.25) is 0 Å². The highest BCUT2D eigenvalue weighted by Gasteiger charge is 2.03. The van der Waals surface area contributed by atoms with E-state index in [1.165, 1.54) is 30.3 Å². The molecule has 82 valence electrons. The topological polar surface area (TPSA) is 50.9 Å². The van der Waals surface area contributed by atoms with Crippen molar-refractivity contribution in [3.8, 4) is 0 Å². The Kier molecular flexibility index (Phi) is 2.68. The molecule has 0 spiro atoms. The summed E-state index contributed by atoms with van der Waals surface area (Å²) in [7, 11) is 0. The van der Waals surface area contributed by atoms with Crippen LogP contribution in [0.3, 0.4) is 0 Å². The number of aromatic nitrogens is 1. The van der Waals surface area contributed by atoms with E-state index in [4.69, 9.17) is 5.73 Å². The fourth-order valence-electron chi connectivity index (χ4n) is 1.25. The van der Waals surface area contributed by atoms with E-state index in [2.05, 4.69) is 10.3 Å². The maximum atomic E-state index is 12.9. The van der Waals surface area contributed by atoms with Crippen molar-refractivity contribution < 1.29 is 8.78 Å². The Balaban J connectivity index is 2.30. The molecular weight excluding hydrogens is 212 g/mol. The molecule has 2 rings (SSSR count). The second-order valence-electron chi connectivity index (χ2n) is 3.20. The van der Waals surface area contributed by atoms with Crippen molar-refractivity contribution in [3.63, 3.8) is 0 Å². The number of rotatable bonds is 2. The molecule has 3 N–H and O–H groups in total. The monoisotopic (exact) mass is 221 g/mol. The van der Waals surface area contributed by atoms with Crippen LogP contribution in [0.4, 0.5) is 26.0 Å². The van der Waals surface area contributed by atoms with Crippen LogP contribution < -0.4 is 11.1 Å². The van der Waals surface area contributed by atoms with Gasteiger partial charge in [0.25, 0.3) is 0 Å². The van der Waals surface area contributed by atoms with Gasteiger partial charge in [0.2, 0.25) is 5.95 Å². The van der Waals surface area contributed by atoms with Crippen molar-refractivity contribution in [1.82, 2.24) is 4.98 Å². The van der Waals surface area contributed by atoms with E-state index in [9.17, 15) is 8.78 Å². The molecule has 5 heteroatoms. The van der Waals surface area contributed by atoms with Gasteiger partial charge in [0.1, 0.15) is 11.6 Å². The van der Waals surface area contributed by atoms with Gasteiger partial charge in [-0.1, -0.05) is 6.07 Å².